The number of benzene rings is 4. The van der Waals surface area contributed by atoms with Crippen LogP contribution in [0.15, 0.2) is 115 Å². The Morgan fingerprint density at radius 2 is 1.17 bits per heavy atom. The van der Waals surface area contributed by atoms with Gasteiger partial charge in [0.05, 0.1) is 0 Å². The van der Waals surface area contributed by atoms with E-state index in [4.69, 9.17) is 0 Å². The standard InChI is InChI=1S/C27H25OP/c1-22-13-11-12-20-26(22)29(28,25-18-9-4-10-19-25)27(24-16-7-3-8-17-24)21-23-14-5-2-6-15-23/h2-20,27H,21H2,1H3. The van der Waals surface area contributed by atoms with E-state index in [2.05, 4.69) is 49.4 Å². The normalized spacial score (nSPS) is 14.1. The summed E-state index contributed by atoms with van der Waals surface area (Å²) in [5.41, 5.74) is 3.26. The summed E-state index contributed by atoms with van der Waals surface area (Å²) in [5, 5.41) is 1.87. The first kappa shape index (κ1) is 19.4. The number of rotatable bonds is 6. The van der Waals surface area contributed by atoms with Crippen molar-refractivity contribution >= 4 is 17.8 Å². The van der Waals surface area contributed by atoms with Gasteiger partial charge in [-0.1, -0.05) is 115 Å². The quantitative estimate of drug-likeness (QED) is 0.350. The molecule has 0 radical (unpaired) electrons. The maximum absolute atomic E-state index is 15.1. The van der Waals surface area contributed by atoms with Crippen LogP contribution >= 0.6 is 7.14 Å². The van der Waals surface area contributed by atoms with Crippen molar-refractivity contribution in [3.63, 3.8) is 0 Å². The highest BCUT2D eigenvalue weighted by molar-refractivity contribution is 7.79. The average molecular weight is 396 g/mol. The summed E-state index contributed by atoms with van der Waals surface area (Å²) < 4.78 is 15.1. The van der Waals surface area contributed by atoms with Gasteiger partial charge in [-0.2, -0.15) is 0 Å². The summed E-state index contributed by atoms with van der Waals surface area (Å²) in [6.07, 6.45) is 0.728. The van der Waals surface area contributed by atoms with Gasteiger partial charge >= 0.3 is 0 Å². The van der Waals surface area contributed by atoms with Gasteiger partial charge in [-0.3, -0.25) is 0 Å². The summed E-state index contributed by atoms with van der Waals surface area (Å²) in [6, 6.07) is 38.9. The highest BCUT2D eigenvalue weighted by Gasteiger charge is 2.38. The van der Waals surface area contributed by atoms with Gasteiger partial charge in [0.2, 0.25) is 0 Å². The van der Waals surface area contributed by atoms with Gasteiger partial charge in [0, 0.05) is 16.3 Å². The minimum Gasteiger partial charge on any atom is -0.313 e. The maximum Gasteiger partial charge on any atom is 0.150 e. The van der Waals surface area contributed by atoms with Gasteiger partial charge in [-0.15, -0.1) is 0 Å². The van der Waals surface area contributed by atoms with E-state index in [9.17, 15) is 0 Å². The molecule has 0 saturated carbocycles. The fourth-order valence-electron chi connectivity index (χ4n) is 4.04. The van der Waals surface area contributed by atoms with Crippen LogP contribution in [0.25, 0.3) is 0 Å². The Kier molecular flexibility index (Phi) is 5.79. The fraction of sp³-hybridized carbons (Fsp3) is 0.111. The van der Waals surface area contributed by atoms with Crippen molar-refractivity contribution in [2.24, 2.45) is 0 Å². The zero-order chi connectivity index (χ0) is 20.1. The minimum absolute atomic E-state index is 0.130. The zero-order valence-corrected chi connectivity index (χ0v) is 17.5. The van der Waals surface area contributed by atoms with E-state index < -0.39 is 7.14 Å². The molecule has 0 heterocycles. The number of hydrogen-bond acceptors (Lipinski definition) is 1. The molecule has 144 valence electrons. The summed E-state index contributed by atoms with van der Waals surface area (Å²) >= 11 is 0. The van der Waals surface area contributed by atoms with Gasteiger partial charge in [0.15, 0.2) is 7.14 Å². The molecule has 4 aromatic rings. The van der Waals surface area contributed by atoms with Crippen LogP contribution < -0.4 is 10.6 Å². The molecule has 0 N–H and O–H groups in total. The van der Waals surface area contributed by atoms with Crippen LogP contribution in [0.2, 0.25) is 0 Å². The molecule has 1 nitrogen and oxygen atoms in total. The molecule has 0 spiro atoms. The molecular weight excluding hydrogens is 371 g/mol. The zero-order valence-electron chi connectivity index (χ0n) is 16.6. The van der Waals surface area contributed by atoms with Crippen molar-refractivity contribution in [2.75, 3.05) is 0 Å². The lowest BCUT2D eigenvalue weighted by molar-refractivity contribution is 0.577. The smallest absolute Gasteiger partial charge is 0.150 e. The fourth-order valence-corrected chi connectivity index (χ4v) is 7.60. The number of hydrogen-bond donors (Lipinski definition) is 0. The minimum atomic E-state index is -2.96. The second-order valence-electron chi connectivity index (χ2n) is 7.40. The molecule has 0 aliphatic carbocycles. The molecule has 0 aliphatic heterocycles. The average Bonchev–Trinajstić information content (AvgIpc) is 2.79. The molecule has 0 amide bonds. The Hall–Kier alpha value is -2.89. The third-order valence-electron chi connectivity index (χ3n) is 5.51. The molecular formula is C27H25OP. The van der Waals surface area contributed by atoms with Crippen LogP contribution in [0.4, 0.5) is 0 Å². The predicted octanol–water partition coefficient (Wildman–Crippen LogP) is 6.29. The monoisotopic (exact) mass is 396 g/mol. The van der Waals surface area contributed by atoms with Crippen LogP contribution in [0.1, 0.15) is 22.3 Å². The van der Waals surface area contributed by atoms with Gasteiger partial charge in [-0.25, -0.2) is 0 Å². The third-order valence-corrected chi connectivity index (χ3v) is 9.15. The van der Waals surface area contributed by atoms with Crippen LogP contribution in [-0.2, 0) is 11.0 Å². The highest BCUT2D eigenvalue weighted by atomic mass is 31.2. The van der Waals surface area contributed by atoms with E-state index in [0.717, 1.165) is 28.2 Å². The van der Waals surface area contributed by atoms with Crippen molar-refractivity contribution < 1.29 is 4.57 Å². The first-order chi connectivity index (χ1) is 14.2. The van der Waals surface area contributed by atoms with Crippen LogP contribution in [-0.4, -0.2) is 0 Å². The van der Waals surface area contributed by atoms with E-state index >= 15 is 4.57 Å². The highest BCUT2D eigenvalue weighted by Crippen LogP contribution is 2.58. The lowest BCUT2D eigenvalue weighted by Crippen LogP contribution is -2.24. The maximum atomic E-state index is 15.1. The molecule has 4 rings (SSSR count). The summed E-state index contributed by atoms with van der Waals surface area (Å²) in [6.45, 7) is 2.06. The molecule has 0 aliphatic rings. The first-order valence-electron chi connectivity index (χ1n) is 10.00. The van der Waals surface area contributed by atoms with Crippen LogP contribution in [0, 0.1) is 6.92 Å². The number of aryl methyl sites for hydroxylation is 1. The van der Waals surface area contributed by atoms with Crippen molar-refractivity contribution in [3.8, 4) is 0 Å². The van der Waals surface area contributed by atoms with Crippen molar-refractivity contribution in [1.29, 1.82) is 0 Å². The second-order valence-corrected chi connectivity index (χ2v) is 10.3. The predicted molar refractivity (Wildman–Crippen MR) is 124 cm³/mol. The Morgan fingerprint density at radius 3 is 1.79 bits per heavy atom. The van der Waals surface area contributed by atoms with Crippen molar-refractivity contribution in [2.45, 2.75) is 19.0 Å². The third kappa shape index (κ3) is 3.97. The van der Waals surface area contributed by atoms with E-state index in [0.29, 0.717) is 0 Å². The molecule has 4 aromatic carbocycles. The van der Waals surface area contributed by atoms with Crippen molar-refractivity contribution in [1.82, 2.24) is 0 Å². The molecule has 2 unspecified atom stereocenters. The second kappa shape index (κ2) is 8.64. The SMILES string of the molecule is Cc1ccccc1P(=O)(c1ccccc1)C(Cc1ccccc1)c1ccccc1. The molecule has 29 heavy (non-hydrogen) atoms. The summed E-state index contributed by atoms with van der Waals surface area (Å²) in [4.78, 5) is 0. The van der Waals surface area contributed by atoms with Gasteiger partial charge in [0.25, 0.3) is 0 Å². The van der Waals surface area contributed by atoms with Gasteiger partial charge in [-0.05, 0) is 30.0 Å². The van der Waals surface area contributed by atoms with Gasteiger partial charge in [0.1, 0.15) is 0 Å². The van der Waals surface area contributed by atoms with Crippen LogP contribution in [0.3, 0.4) is 0 Å². The Morgan fingerprint density at radius 1 is 0.655 bits per heavy atom. The van der Waals surface area contributed by atoms with E-state index in [1.54, 1.807) is 0 Å². The molecule has 0 fully saturated rings. The molecule has 0 aromatic heterocycles. The Bertz CT molecular complexity index is 1100. The molecule has 2 heteroatoms. The first-order valence-corrected chi connectivity index (χ1v) is 11.8. The summed E-state index contributed by atoms with van der Waals surface area (Å²) in [5.74, 6) is 0. The van der Waals surface area contributed by atoms with Crippen molar-refractivity contribution in [3.05, 3.63) is 132 Å². The molecule has 0 saturated heterocycles. The Balaban J connectivity index is 1.96. The van der Waals surface area contributed by atoms with E-state index in [1.807, 2.05) is 72.8 Å². The summed E-state index contributed by atoms with van der Waals surface area (Å²) in [7, 11) is -2.96. The molecule has 0 bridgehead atoms. The lowest BCUT2D eigenvalue weighted by Gasteiger charge is -2.30. The largest absolute Gasteiger partial charge is 0.313 e. The lowest BCUT2D eigenvalue weighted by atomic mass is 10.0. The van der Waals surface area contributed by atoms with E-state index in [-0.39, 0.29) is 5.66 Å². The topological polar surface area (TPSA) is 17.1 Å². The Labute approximate surface area is 173 Å². The molecule has 2 atom stereocenters. The van der Waals surface area contributed by atoms with Crippen LogP contribution in [0.5, 0.6) is 0 Å². The van der Waals surface area contributed by atoms with E-state index in [1.165, 1.54) is 5.56 Å². The van der Waals surface area contributed by atoms with Gasteiger partial charge < -0.3 is 4.57 Å².